The Bertz CT molecular complexity index is 783. The fourth-order valence-corrected chi connectivity index (χ4v) is 5.52. The second-order valence-corrected chi connectivity index (χ2v) is 10.4. The Kier molecular flexibility index (Phi) is 9.40. The largest absolute Gasteiger partial charge is 0.458 e. The van der Waals surface area contributed by atoms with E-state index in [9.17, 15) is 18.0 Å². The molecule has 0 bridgehead atoms. The minimum Gasteiger partial charge on any atom is -0.458 e. The number of hydrogen-bond donors (Lipinski definition) is 1. The van der Waals surface area contributed by atoms with Crippen LogP contribution in [0, 0.1) is 0 Å². The molecule has 0 atom stereocenters. The van der Waals surface area contributed by atoms with Gasteiger partial charge in [0, 0.05) is 17.3 Å². The van der Waals surface area contributed by atoms with E-state index < -0.39 is 33.4 Å². The second-order valence-electron chi connectivity index (χ2n) is 6.34. The second kappa shape index (κ2) is 10.3. The van der Waals surface area contributed by atoms with Crippen molar-refractivity contribution in [2.24, 2.45) is 0 Å². The van der Waals surface area contributed by atoms with E-state index in [1.54, 1.807) is 12.1 Å². The molecule has 0 aliphatic carbocycles. The molecule has 0 aliphatic heterocycles. The first-order valence-electron chi connectivity index (χ1n) is 7.81. The van der Waals surface area contributed by atoms with Gasteiger partial charge in [-0.05, 0) is 70.7 Å². The quantitative estimate of drug-likeness (QED) is 0.192. The number of halogens is 3. The van der Waals surface area contributed by atoms with E-state index in [0.717, 1.165) is 4.47 Å². The van der Waals surface area contributed by atoms with Gasteiger partial charge in [-0.15, -0.1) is 0 Å². The monoisotopic (exact) mass is 592 g/mol. The number of hydrogen-bond acceptors (Lipinski definition) is 6. The van der Waals surface area contributed by atoms with E-state index in [-0.39, 0.29) is 12.8 Å². The number of benzene rings is 1. The van der Waals surface area contributed by atoms with E-state index in [1.165, 1.54) is 13.8 Å². The van der Waals surface area contributed by atoms with Crippen LogP contribution < -0.4 is 4.74 Å². The zero-order valence-electron chi connectivity index (χ0n) is 14.6. The van der Waals surface area contributed by atoms with E-state index in [2.05, 4.69) is 47.8 Å². The van der Waals surface area contributed by atoms with Gasteiger partial charge in [-0.3, -0.25) is 14.1 Å². The lowest BCUT2D eigenvalue weighted by molar-refractivity contribution is -0.154. The first kappa shape index (κ1) is 24.5. The molecule has 0 fully saturated rings. The lowest BCUT2D eigenvalue weighted by Gasteiger charge is -2.23. The first-order valence-corrected chi connectivity index (χ1v) is 11.8. The molecule has 27 heavy (non-hydrogen) atoms. The molecule has 0 saturated heterocycles. The summed E-state index contributed by atoms with van der Waals surface area (Å²) in [4.78, 5) is 23.7. The van der Waals surface area contributed by atoms with Crippen molar-refractivity contribution < 1.29 is 32.0 Å². The standard InChI is InChI=1S/C16H19Br3O7S/c1-16(2,9-27(22,23)24)26-14(21)6-4-3-5-13(20)25-15-11(18)7-10(17)8-12(15)19/h7-8H,3-6,9H2,1-2H3,(H,22,23,24). The molecule has 0 radical (unpaired) electrons. The van der Waals surface area contributed by atoms with Crippen molar-refractivity contribution in [1.82, 2.24) is 0 Å². The van der Waals surface area contributed by atoms with Gasteiger partial charge in [0.1, 0.15) is 11.4 Å². The lowest BCUT2D eigenvalue weighted by Crippen LogP contribution is -2.35. The summed E-state index contributed by atoms with van der Waals surface area (Å²) in [5.74, 6) is -1.36. The van der Waals surface area contributed by atoms with Gasteiger partial charge in [-0.2, -0.15) is 8.42 Å². The molecule has 0 saturated carbocycles. The molecule has 0 spiro atoms. The van der Waals surface area contributed by atoms with Crippen LogP contribution in [0.15, 0.2) is 25.6 Å². The van der Waals surface area contributed by atoms with Gasteiger partial charge in [-0.25, -0.2) is 0 Å². The molecular formula is C16H19Br3O7S. The van der Waals surface area contributed by atoms with Crippen molar-refractivity contribution in [3.8, 4) is 5.75 Å². The zero-order chi connectivity index (χ0) is 20.8. The number of rotatable bonds is 9. The minimum absolute atomic E-state index is 0.0217. The first-order chi connectivity index (χ1) is 12.3. The summed E-state index contributed by atoms with van der Waals surface area (Å²) in [6.07, 6.45) is 0.904. The number of unbranched alkanes of at least 4 members (excludes halogenated alkanes) is 1. The maximum Gasteiger partial charge on any atom is 0.311 e. The molecule has 7 nitrogen and oxygen atoms in total. The Labute approximate surface area is 183 Å². The molecule has 0 aromatic heterocycles. The molecule has 1 aromatic carbocycles. The average Bonchev–Trinajstić information content (AvgIpc) is 2.44. The van der Waals surface area contributed by atoms with Crippen molar-refractivity contribution in [3.05, 3.63) is 25.6 Å². The molecule has 11 heteroatoms. The molecule has 1 aromatic rings. The fourth-order valence-electron chi connectivity index (χ4n) is 2.16. The number of carbonyl (C=O) groups is 2. The predicted octanol–water partition coefficient (Wildman–Crippen LogP) is 4.65. The average molecular weight is 595 g/mol. The fraction of sp³-hybridized carbons (Fsp3) is 0.500. The maximum absolute atomic E-state index is 11.9. The van der Waals surface area contributed by atoms with Crippen LogP contribution >= 0.6 is 47.8 Å². The summed E-state index contributed by atoms with van der Waals surface area (Å²) in [6, 6.07) is 3.50. The lowest BCUT2D eigenvalue weighted by atomic mass is 10.1. The Morgan fingerprint density at radius 1 is 1.04 bits per heavy atom. The van der Waals surface area contributed by atoms with Gasteiger partial charge in [0.25, 0.3) is 10.1 Å². The number of carbonyl (C=O) groups excluding carboxylic acids is 2. The number of esters is 2. The topological polar surface area (TPSA) is 107 Å². The van der Waals surface area contributed by atoms with E-state index in [0.29, 0.717) is 27.5 Å². The minimum atomic E-state index is -4.25. The highest BCUT2D eigenvalue weighted by Crippen LogP contribution is 2.36. The van der Waals surface area contributed by atoms with Crippen LogP contribution in [0.4, 0.5) is 0 Å². The smallest absolute Gasteiger partial charge is 0.311 e. The Hall–Kier alpha value is -0.490. The third-order valence-corrected chi connectivity index (χ3v) is 5.81. The zero-order valence-corrected chi connectivity index (χ0v) is 20.2. The van der Waals surface area contributed by atoms with Gasteiger partial charge < -0.3 is 9.47 Å². The highest BCUT2D eigenvalue weighted by Gasteiger charge is 2.28. The SMILES string of the molecule is CC(C)(CS(=O)(=O)O)OC(=O)CCCCC(=O)Oc1c(Br)cc(Br)cc1Br. The van der Waals surface area contributed by atoms with Crippen LogP contribution in [-0.2, 0) is 24.4 Å². The van der Waals surface area contributed by atoms with Gasteiger partial charge >= 0.3 is 11.9 Å². The third-order valence-electron chi connectivity index (χ3n) is 3.11. The summed E-state index contributed by atoms with van der Waals surface area (Å²) in [6.45, 7) is 2.79. The molecule has 1 N–H and O–H groups in total. The molecule has 0 unspecified atom stereocenters. The van der Waals surface area contributed by atoms with Crippen LogP contribution in [0.2, 0.25) is 0 Å². The molecule has 0 amide bonds. The summed E-state index contributed by atoms with van der Waals surface area (Å²) in [7, 11) is -4.25. The summed E-state index contributed by atoms with van der Waals surface area (Å²) in [5, 5.41) is 0. The van der Waals surface area contributed by atoms with Crippen LogP contribution in [0.1, 0.15) is 39.5 Å². The Balaban J connectivity index is 2.39. The van der Waals surface area contributed by atoms with E-state index >= 15 is 0 Å². The molecular weight excluding hydrogens is 576 g/mol. The van der Waals surface area contributed by atoms with Crippen molar-refractivity contribution >= 4 is 69.8 Å². The van der Waals surface area contributed by atoms with Gasteiger partial charge in [-0.1, -0.05) is 15.9 Å². The number of ether oxygens (including phenoxy) is 2. The Morgan fingerprint density at radius 3 is 2.00 bits per heavy atom. The van der Waals surface area contributed by atoms with Crippen molar-refractivity contribution in [3.63, 3.8) is 0 Å². The van der Waals surface area contributed by atoms with Gasteiger partial charge in [0.2, 0.25) is 0 Å². The van der Waals surface area contributed by atoms with Crippen LogP contribution in [0.3, 0.4) is 0 Å². The highest BCUT2D eigenvalue weighted by atomic mass is 79.9. The van der Waals surface area contributed by atoms with Crippen molar-refractivity contribution in [1.29, 1.82) is 0 Å². The Morgan fingerprint density at radius 2 is 1.52 bits per heavy atom. The van der Waals surface area contributed by atoms with Crippen molar-refractivity contribution in [2.75, 3.05) is 5.75 Å². The van der Waals surface area contributed by atoms with Crippen LogP contribution in [0.25, 0.3) is 0 Å². The predicted molar refractivity (Wildman–Crippen MR) is 110 cm³/mol. The van der Waals surface area contributed by atoms with Crippen molar-refractivity contribution in [2.45, 2.75) is 45.1 Å². The van der Waals surface area contributed by atoms with E-state index in [4.69, 9.17) is 14.0 Å². The van der Waals surface area contributed by atoms with Gasteiger partial charge in [0.05, 0.1) is 8.95 Å². The summed E-state index contributed by atoms with van der Waals surface area (Å²) in [5.41, 5.74) is -1.33. The normalized spacial score (nSPS) is 11.9. The highest BCUT2D eigenvalue weighted by molar-refractivity contribution is 9.11. The summed E-state index contributed by atoms with van der Waals surface area (Å²) >= 11 is 9.96. The third kappa shape index (κ3) is 10.0. The van der Waals surface area contributed by atoms with Gasteiger partial charge in [0.15, 0.2) is 5.75 Å². The molecule has 1 rings (SSSR count). The molecule has 152 valence electrons. The maximum atomic E-state index is 11.9. The van der Waals surface area contributed by atoms with Crippen LogP contribution in [0.5, 0.6) is 5.75 Å². The molecule has 0 heterocycles. The van der Waals surface area contributed by atoms with Crippen LogP contribution in [-0.4, -0.2) is 36.3 Å². The van der Waals surface area contributed by atoms with E-state index in [1.807, 2.05) is 0 Å². The molecule has 0 aliphatic rings. The summed E-state index contributed by atoms with van der Waals surface area (Å²) < 4.78 is 43.0.